The number of rotatable bonds is 3. The van der Waals surface area contributed by atoms with Gasteiger partial charge in [-0.05, 0) is 40.3 Å². The van der Waals surface area contributed by atoms with Crippen molar-refractivity contribution in [3.63, 3.8) is 0 Å². The van der Waals surface area contributed by atoms with Crippen LogP contribution < -0.4 is 5.73 Å². The molecular formula is C9H10INO3. The maximum atomic E-state index is 10.9. The standard InChI is InChI=1S/C9H10INO3/c10-7-3-1-2-6(4-7)9(11,5-12)8(13)14/h1-4,12H,5,11H2,(H,13,14)/t9-/m1/s1. The molecule has 0 amide bonds. The monoisotopic (exact) mass is 307 g/mol. The SMILES string of the molecule is N[C@@](CO)(C(=O)O)c1cccc(I)c1. The zero-order chi connectivity index (χ0) is 10.8. The van der Waals surface area contributed by atoms with Crippen LogP contribution in [-0.4, -0.2) is 22.8 Å². The molecular weight excluding hydrogens is 297 g/mol. The molecule has 1 aromatic carbocycles. The van der Waals surface area contributed by atoms with Crippen molar-refractivity contribution in [2.75, 3.05) is 6.61 Å². The van der Waals surface area contributed by atoms with E-state index in [1.165, 1.54) is 0 Å². The van der Waals surface area contributed by atoms with Crippen LogP contribution in [0.1, 0.15) is 5.56 Å². The summed E-state index contributed by atoms with van der Waals surface area (Å²) in [5.74, 6) is -1.23. The van der Waals surface area contributed by atoms with E-state index < -0.39 is 18.1 Å². The van der Waals surface area contributed by atoms with E-state index in [0.29, 0.717) is 5.56 Å². The fourth-order valence-electron chi connectivity index (χ4n) is 1.05. The minimum absolute atomic E-state index is 0.402. The molecule has 0 saturated carbocycles. The molecule has 0 aliphatic carbocycles. The highest BCUT2D eigenvalue weighted by atomic mass is 127. The van der Waals surface area contributed by atoms with Gasteiger partial charge in [0.15, 0.2) is 5.54 Å². The van der Waals surface area contributed by atoms with Gasteiger partial charge >= 0.3 is 5.97 Å². The molecule has 0 heterocycles. The van der Waals surface area contributed by atoms with Crippen LogP contribution in [0.15, 0.2) is 24.3 Å². The highest BCUT2D eigenvalue weighted by Gasteiger charge is 2.35. The summed E-state index contributed by atoms with van der Waals surface area (Å²) in [7, 11) is 0. The van der Waals surface area contributed by atoms with Crippen LogP contribution in [0.2, 0.25) is 0 Å². The minimum atomic E-state index is -1.71. The molecule has 5 heteroatoms. The first kappa shape index (κ1) is 11.4. The van der Waals surface area contributed by atoms with E-state index in [1.807, 2.05) is 6.07 Å². The first-order chi connectivity index (χ1) is 6.50. The number of carboxylic acids is 1. The molecule has 1 rings (SSSR count). The van der Waals surface area contributed by atoms with Crippen LogP contribution in [0, 0.1) is 3.57 Å². The molecule has 0 radical (unpaired) electrons. The molecule has 0 aliphatic rings. The van der Waals surface area contributed by atoms with Crippen LogP contribution >= 0.6 is 22.6 Å². The summed E-state index contributed by atoms with van der Waals surface area (Å²) in [4.78, 5) is 10.9. The zero-order valence-electron chi connectivity index (χ0n) is 7.27. The van der Waals surface area contributed by atoms with Crippen molar-refractivity contribution in [3.8, 4) is 0 Å². The average molecular weight is 307 g/mol. The molecule has 0 aromatic heterocycles. The third-order valence-corrected chi connectivity index (χ3v) is 2.64. The first-order valence-corrected chi connectivity index (χ1v) is 4.98. The molecule has 0 saturated heterocycles. The number of aliphatic hydroxyl groups is 1. The van der Waals surface area contributed by atoms with Crippen molar-refractivity contribution in [2.24, 2.45) is 5.73 Å². The third kappa shape index (κ3) is 2.05. The molecule has 14 heavy (non-hydrogen) atoms. The molecule has 0 aliphatic heterocycles. The van der Waals surface area contributed by atoms with Crippen LogP contribution in [0.4, 0.5) is 0 Å². The lowest BCUT2D eigenvalue weighted by Gasteiger charge is -2.22. The van der Waals surface area contributed by atoms with Crippen molar-refractivity contribution in [2.45, 2.75) is 5.54 Å². The molecule has 4 N–H and O–H groups in total. The second-order valence-corrected chi connectivity index (χ2v) is 4.19. The Morgan fingerprint density at radius 1 is 1.57 bits per heavy atom. The summed E-state index contributed by atoms with van der Waals surface area (Å²) >= 11 is 2.06. The first-order valence-electron chi connectivity index (χ1n) is 3.90. The van der Waals surface area contributed by atoms with Crippen molar-refractivity contribution in [1.82, 2.24) is 0 Å². The summed E-state index contributed by atoms with van der Waals surface area (Å²) in [5.41, 5.74) is 4.27. The summed E-state index contributed by atoms with van der Waals surface area (Å²) in [6.07, 6.45) is 0. The lowest BCUT2D eigenvalue weighted by molar-refractivity contribution is -0.145. The van der Waals surface area contributed by atoms with Crippen molar-refractivity contribution in [1.29, 1.82) is 0 Å². The number of carboxylic acid groups (broad SMARTS) is 1. The van der Waals surface area contributed by atoms with Crippen molar-refractivity contribution >= 4 is 28.6 Å². The normalized spacial score (nSPS) is 14.8. The van der Waals surface area contributed by atoms with E-state index in [2.05, 4.69) is 22.6 Å². The number of hydrogen-bond acceptors (Lipinski definition) is 3. The molecule has 0 fully saturated rings. The van der Waals surface area contributed by atoms with Gasteiger partial charge in [-0.3, -0.25) is 0 Å². The van der Waals surface area contributed by atoms with Gasteiger partial charge in [0.05, 0.1) is 6.61 Å². The van der Waals surface area contributed by atoms with Crippen LogP contribution in [-0.2, 0) is 10.3 Å². The third-order valence-electron chi connectivity index (χ3n) is 1.97. The fourth-order valence-corrected chi connectivity index (χ4v) is 1.59. The molecule has 76 valence electrons. The quantitative estimate of drug-likeness (QED) is 0.711. The zero-order valence-corrected chi connectivity index (χ0v) is 9.43. The van der Waals surface area contributed by atoms with Crippen LogP contribution in [0.5, 0.6) is 0 Å². The number of carbonyl (C=O) groups is 1. The molecule has 0 spiro atoms. The number of nitrogens with two attached hydrogens (primary N) is 1. The predicted molar refractivity (Wildman–Crippen MR) is 59.7 cm³/mol. The summed E-state index contributed by atoms with van der Waals surface area (Å²) in [6, 6.07) is 6.76. The smallest absolute Gasteiger partial charge is 0.330 e. The van der Waals surface area contributed by atoms with E-state index in [-0.39, 0.29) is 0 Å². The van der Waals surface area contributed by atoms with Gasteiger partial charge in [-0.2, -0.15) is 0 Å². The van der Waals surface area contributed by atoms with E-state index >= 15 is 0 Å². The topological polar surface area (TPSA) is 83.5 Å². The van der Waals surface area contributed by atoms with Crippen LogP contribution in [0.25, 0.3) is 0 Å². The highest BCUT2D eigenvalue weighted by Crippen LogP contribution is 2.20. The van der Waals surface area contributed by atoms with Gasteiger partial charge < -0.3 is 15.9 Å². The molecule has 0 bridgehead atoms. The van der Waals surface area contributed by atoms with Crippen molar-refractivity contribution < 1.29 is 15.0 Å². The van der Waals surface area contributed by atoms with Gasteiger partial charge in [-0.25, -0.2) is 4.79 Å². The number of hydrogen-bond donors (Lipinski definition) is 3. The van der Waals surface area contributed by atoms with Gasteiger partial charge in [0.1, 0.15) is 0 Å². The summed E-state index contributed by atoms with van der Waals surface area (Å²) in [5, 5.41) is 17.9. The second kappa shape index (κ2) is 4.24. The van der Waals surface area contributed by atoms with E-state index in [1.54, 1.807) is 18.2 Å². The number of benzene rings is 1. The number of aliphatic hydroxyl groups excluding tert-OH is 1. The second-order valence-electron chi connectivity index (χ2n) is 2.94. The maximum Gasteiger partial charge on any atom is 0.330 e. The van der Waals surface area contributed by atoms with Gasteiger partial charge in [0.25, 0.3) is 0 Å². The Kier molecular flexibility index (Phi) is 3.46. The summed E-state index contributed by atoms with van der Waals surface area (Å²) in [6.45, 7) is -0.623. The van der Waals surface area contributed by atoms with Gasteiger partial charge in [0, 0.05) is 3.57 Å². The Hall–Kier alpha value is -0.660. The Labute approximate surface area is 94.9 Å². The number of halogens is 1. The van der Waals surface area contributed by atoms with Gasteiger partial charge in [-0.1, -0.05) is 12.1 Å². The lowest BCUT2D eigenvalue weighted by Crippen LogP contribution is -2.48. The Morgan fingerprint density at radius 3 is 2.64 bits per heavy atom. The molecule has 4 nitrogen and oxygen atoms in total. The van der Waals surface area contributed by atoms with Gasteiger partial charge in [0.2, 0.25) is 0 Å². The van der Waals surface area contributed by atoms with E-state index in [9.17, 15) is 4.79 Å². The average Bonchev–Trinajstić information content (AvgIpc) is 2.16. The fraction of sp³-hybridized carbons (Fsp3) is 0.222. The van der Waals surface area contributed by atoms with Crippen LogP contribution in [0.3, 0.4) is 0 Å². The highest BCUT2D eigenvalue weighted by molar-refractivity contribution is 14.1. The largest absolute Gasteiger partial charge is 0.480 e. The molecule has 0 unspecified atom stereocenters. The Bertz CT molecular complexity index is 356. The van der Waals surface area contributed by atoms with E-state index in [0.717, 1.165) is 3.57 Å². The lowest BCUT2D eigenvalue weighted by atomic mass is 9.92. The van der Waals surface area contributed by atoms with E-state index in [4.69, 9.17) is 15.9 Å². The minimum Gasteiger partial charge on any atom is -0.480 e. The summed E-state index contributed by atoms with van der Waals surface area (Å²) < 4.78 is 0.879. The maximum absolute atomic E-state index is 10.9. The molecule has 1 atom stereocenters. The predicted octanol–water partition coefficient (Wildman–Crippen LogP) is 0.522. The Balaban J connectivity index is 3.19. The molecule has 1 aromatic rings. The van der Waals surface area contributed by atoms with Gasteiger partial charge in [-0.15, -0.1) is 0 Å². The number of aliphatic carboxylic acids is 1. The Morgan fingerprint density at radius 2 is 2.21 bits per heavy atom. The van der Waals surface area contributed by atoms with Crippen molar-refractivity contribution in [3.05, 3.63) is 33.4 Å².